The first-order valence-electron chi connectivity index (χ1n) is 7.74. The lowest BCUT2D eigenvalue weighted by Crippen LogP contribution is -2.05. The van der Waals surface area contributed by atoms with Crippen molar-refractivity contribution < 1.29 is 4.39 Å². The van der Waals surface area contributed by atoms with Crippen molar-refractivity contribution in [3.63, 3.8) is 0 Å². The molecule has 0 aliphatic carbocycles. The molecule has 0 radical (unpaired) electrons. The zero-order valence-electron chi connectivity index (χ0n) is 13.1. The van der Waals surface area contributed by atoms with E-state index in [1.54, 1.807) is 0 Å². The molecule has 2 aromatic carbocycles. The van der Waals surface area contributed by atoms with Gasteiger partial charge < -0.3 is 10.3 Å². The van der Waals surface area contributed by atoms with Gasteiger partial charge in [0.2, 0.25) is 0 Å². The largest absolute Gasteiger partial charge is 0.330 e. The highest BCUT2D eigenvalue weighted by Gasteiger charge is 2.07. The average molecular weight is 309 g/mol. The van der Waals surface area contributed by atoms with Gasteiger partial charge in [0, 0.05) is 18.2 Å². The third-order valence-corrected chi connectivity index (χ3v) is 3.98. The van der Waals surface area contributed by atoms with Crippen molar-refractivity contribution in [2.75, 3.05) is 0 Å². The molecule has 1 atom stereocenters. The quantitative estimate of drug-likeness (QED) is 0.775. The molecular formula is C19H20FN3. The number of nitrogens with two attached hydrogens (primary N) is 1. The molecule has 3 nitrogen and oxygen atoms in total. The summed E-state index contributed by atoms with van der Waals surface area (Å²) in [5, 5.41) is 0. The lowest BCUT2D eigenvalue weighted by atomic mass is 10.0. The molecule has 118 valence electrons. The maximum atomic E-state index is 13.0. The summed E-state index contributed by atoms with van der Waals surface area (Å²) in [4.78, 5) is 4.27. The molecule has 0 saturated carbocycles. The Hall–Kier alpha value is -2.46. The van der Waals surface area contributed by atoms with Gasteiger partial charge in [-0.25, -0.2) is 9.37 Å². The topological polar surface area (TPSA) is 43.8 Å². The second-order valence-corrected chi connectivity index (χ2v) is 5.76. The van der Waals surface area contributed by atoms with Crippen LogP contribution in [-0.2, 0) is 13.0 Å². The summed E-state index contributed by atoms with van der Waals surface area (Å²) in [6.45, 7) is 2.77. The van der Waals surface area contributed by atoms with Crippen LogP contribution in [0.3, 0.4) is 0 Å². The van der Waals surface area contributed by atoms with Gasteiger partial charge in [-0.3, -0.25) is 0 Å². The highest BCUT2D eigenvalue weighted by Crippen LogP contribution is 2.22. The number of aromatic nitrogens is 2. The lowest BCUT2D eigenvalue weighted by Gasteiger charge is -2.11. The predicted molar refractivity (Wildman–Crippen MR) is 90.4 cm³/mol. The van der Waals surface area contributed by atoms with Crippen molar-refractivity contribution in [1.82, 2.24) is 9.55 Å². The van der Waals surface area contributed by atoms with Crippen LogP contribution in [0.5, 0.6) is 0 Å². The zero-order chi connectivity index (χ0) is 16.2. The van der Waals surface area contributed by atoms with Crippen LogP contribution in [0.15, 0.2) is 61.1 Å². The number of imidazole rings is 1. The van der Waals surface area contributed by atoms with Crippen LogP contribution in [-0.4, -0.2) is 9.55 Å². The van der Waals surface area contributed by atoms with Gasteiger partial charge in [0.25, 0.3) is 0 Å². The SMILES string of the molecule is C[C@H](N)c1cccc(-c2cncn2CCc2ccc(F)cc2)c1. The highest BCUT2D eigenvalue weighted by molar-refractivity contribution is 5.60. The van der Waals surface area contributed by atoms with Crippen LogP contribution < -0.4 is 5.73 Å². The fraction of sp³-hybridized carbons (Fsp3) is 0.211. The fourth-order valence-corrected chi connectivity index (χ4v) is 2.62. The van der Waals surface area contributed by atoms with Crippen LogP contribution >= 0.6 is 0 Å². The van der Waals surface area contributed by atoms with Crippen molar-refractivity contribution in [1.29, 1.82) is 0 Å². The van der Waals surface area contributed by atoms with Gasteiger partial charge >= 0.3 is 0 Å². The number of hydrogen-bond donors (Lipinski definition) is 1. The molecule has 3 aromatic rings. The third kappa shape index (κ3) is 3.66. The van der Waals surface area contributed by atoms with E-state index < -0.39 is 0 Å². The standard InChI is InChI=1S/C19H20FN3/c1-14(21)16-3-2-4-17(11-16)19-12-22-13-23(19)10-9-15-5-7-18(20)8-6-15/h2-8,11-14H,9-10,21H2,1H3/t14-/m0/s1. The molecule has 1 heterocycles. The van der Waals surface area contributed by atoms with Crippen molar-refractivity contribution >= 4 is 0 Å². The fourth-order valence-electron chi connectivity index (χ4n) is 2.62. The van der Waals surface area contributed by atoms with Crippen LogP contribution in [0.4, 0.5) is 4.39 Å². The van der Waals surface area contributed by atoms with E-state index in [4.69, 9.17) is 5.73 Å². The number of nitrogens with zero attached hydrogens (tertiary/aromatic N) is 2. The first-order chi connectivity index (χ1) is 11.1. The minimum absolute atomic E-state index is 0.00513. The van der Waals surface area contributed by atoms with Crippen LogP contribution in [0.1, 0.15) is 24.1 Å². The third-order valence-electron chi connectivity index (χ3n) is 3.98. The van der Waals surface area contributed by atoms with Gasteiger partial charge in [-0.15, -0.1) is 0 Å². The van der Waals surface area contributed by atoms with Gasteiger partial charge in [-0.2, -0.15) is 0 Å². The molecule has 2 N–H and O–H groups in total. The second kappa shape index (κ2) is 6.75. The molecule has 4 heteroatoms. The second-order valence-electron chi connectivity index (χ2n) is 5.76. The Morgan fingerprint density at radius 3 is 2.70 bits per heavy atom. The summed E-state index contributed by atoms with van der Waals surface area (Å²) in [7, 11) is 0. The summed E-state index contributed by atoms with van der Waals surface area (Å²) in [6.07, 6.45) is 4.53. The molecule has 0 unspecified atom stereocenters. The number of rotatable bonds is 5. The van der Waals surface area contributed by atoms with Crippen molar-refractivity contribution in [3.8, 4) is 11.3 Å². The summed E-state index contributed by atoms with van der Waals surface area (Å²) < 4.78 is 15.1. The maximum absolute atomic E-state index is 13.0. The zero-order valence-corrected chi connectivity index (χ0v) is 13.1. The molecule has 0 amide bonds. The van der Waals surface area contributed by atoms with Gasteiger partial charge in [0.15, 0.2) is 0 Å². The van der Waals surface area contributed by atoms with E-state index >= 15 is 0 Å². The van der Waals surface area contributed by atoms with E-state index in [1.807, 2.05) is 43.7 Å². The van der Waals surface area contributed by atoms with Crippen molar-refractivity contribution in [2.45, 2.75) is 25.9 Å². The predicted octanol–water partition coefficient (Wildman–Crippen LogP) is 3.95. The Morgan fingerprint density at radius 2 is 1.96 bits per heavy atom. The van der Waals surface area contributed by atoms with E-state index in [2.05, 4.69) is 21.7 Å². The molecule has 0 fully saturated rings. The summed E-state index contributed by atoms with van der Waals surface area (Å²) in [5.41, 5.74) is 10.4. The van der Waals surface area contributed by atoms with Gasteiger partial charge in [0.1, 0.15) is 5.82 Å². The number of hydrogen-bond acceptors (Lipinski definition) is 2. The Bertz CT molecular complexity index is 775. The van der Waals surface area contributed by atoms with E-state index in [-0.39, 0.29) is 11.9 Å². The molecule has 0 spiro atoms. The van der Waals surface area contributed by atoms with Crippen molar-refractivity contribution in [3.05, 3.63) is 78.0 Å². The summed E-state index contributed by atoms with van der Waals surface area (Å²) in [5.74, 6) is -0.204. The first kappa shape index (κ1) is 15.4. The highest BCUT2D eigenvalue weighted by atomic mass is 19.1. The first-order valence-corrected chi connectivity index (χ1v) is 7.74. The summed E-state index contributed by atoms with van der Waals surface area (Å²) in [6, 6.07) is 14.9. The van der Waals surface area contributed by atoms with Crippen LogP contribution in [0.2, 0.25) is 0 Å². The minimum atomic E-state index is -0.204. The smallest absolute Gasteiger partial charge is 0.123 e. The van der Waals surface area contributed by atoms with E-state index in [0.29, 0.717) is 0 Å². The molecule has 23 heavy (non-hydrogen) atoms. The Labute approximate surface area is 135 Å². The van der Waals surface area contributed by atoms with Gasteiger partial charge in [0.05, 0.1) is 18.2 Å². The van der Waals surface area contributed by atoms with E-state index in [9.17, 15) is 4.39 Å². The average Bonchev–Trinajstić information content (AvgIpc) is 3.03. The molecule has 1 aromatic heterocycles. The molecular weight excluding hydrogens is 289 g/mol. The maximum Gasteiger partial charge on any atom is 0.123 e. The molecule has 0 aliphatic heterocycles. The van der Waals surface area contributed by atoms with E-state index in [1.165, 1.54) is 12.1 Å². The summed E-state index contributed by atoms with van der Waals surface area (Å²) >= 11 is 0. The van der Waals surface area contributed by atoms with E-state index in [0.717, 1.165) is 35.3 Å². The van der Waals surface area contributed by atoms with Crippen LogP contribution in [0.25, 0.3) is 11.3 Å². The normalized spacial score (nSPS) is 12.3. The van der Waals surface area contributed by atoms with Gasteiger partial charge in [-0.05, 0) is 42.7 Å². The van der Waals surface area contributed by atoms with Crippen molar-refractivity contribution in [2.24, 2.45) is 5.73 Å². The molecule has 0 aliphatic rings. The Balaban J connectivity index is 1.79. The molecule has 3 rings (SSSR count). The molecule has 0 bridgehead atoms. The lowest BCUT2D eigenvalue weighted by molar-refractivity contribution is 0.625. The minimum Gasteiger partial charge on any atom is -0.330 e. The van der Waals surface area contributed by atoms with Crippen LogP contribution in [0, 0.1) is 5.82 Å². The van der Waals surface area contributed by atoms with Gasteiger partial charge in [-0.1, -0.05) is 30.3 Å². The molecule has 0 saturated heterocycles. The Kier molecular flexibility index (Phi) is 4.53. The monoisotopic (exact) mass is 309 g/mol. The number of halogens is 1. The Morgan fingerprint density at radius 1 is 1.17 bits per heavy atom. The number of aryl methyl sites for hydroxylation is 2. The number of benzene rings is 2.